The smallest absolute Gasteiger partial charge is 0.0446 e. The van der Waals surface area contributed by atoms with Crippen molar-refractivity contribution in [3.8, 4) is 0 Å². The molecule has 0 spiro atoms. The molecule has 0 amide bonds. The molecule has 2 nitrogen and oxygen atoms in total. The molecule has 0 heterocycles. The number of likely N-dealkylation sites (N-methyl/N-ethyl adjacent to an activating group) is 2. The van der Waals surface area contributed by atoms with Crippen LogP contribution >= 0.6 is 0 Å². The highest BCUT2D eigenvalue weighted by molar-refractivity contribution is 5.30. The molecule has 2 rings (SSSR count). The Morgan fingerprint density at radius 1 is 1.21 bits per heavy atom. The number of rotatable bonds is 6. The summed E-state index contributed by atoms with van der Waals surface area (Å²) in [7, 11) is 4.32. The predicted molar refractivity (Wildman–Crippen MR) is 82.6 cm³/mol. The third-order valence-corrected chi connectivity index (χ3v) is 4.28. The van der Waals surface area contributed by atoms with Crippen molar-refractivity contribution in [1.29, 1.82) is 0 Å². The van der Waals surface area contributed by atoms with Crippen molar-refractivity contribution < 1.29 is 0 Å². The molecule has 1 atom stereocenters. The SMILES string of the molecule is CNC(CN(C)CC1CCC1)c1cc(C)cc(C)c1. The number of nitrogens with one attached hydrogen (secondary N) is 1. The highest BCUT2D eigenvalue weighted by Crippen LogP contribution is 2.27. The van der Waals surface area contributed by atoms with Gasteiger partial charge in [0, 0.05) is 19.1 Å². The van der Waals surface area contributed by atoms with E-state index in [4.69, 9.17) is 0 Å². The van der Waals surface area contributed by atoms with E-state index in [9.17, 15) is 0 Å². The maximum Gasteiger partial charge on any atom is 0.0446 e. The zero-order valence-electron chi connectivity index (χ0n) is 12.9. The van der Waals surface area contributed by atoms with E-state index in [2.05, 4.69) is 56.4 Å². The second-order valence-corrected chi connectivity index (χ2v) is 6.28. The van der Waals surface area contributed by atoms with E-state index in [1.54, 1.807) is 0 Å². The lowest BCUT2D eigenvalue weighted by atomic mass is 9.85. The van der Waals surface area contributed by atoms with Crippen LogP contribution < -0.4 is 5.32 Å². The molecule has 1 saturated carbocycles. The van der Waals surface area contributed by atoms with Crippen molar-refractivity contribution in [3.63, 3.8) is 0 Å². The molecule has 0 bridgehead atoms. The van der Waals surface area contributed by atoms with Crippen molar-refractivity contribution in [2.45, 2.75) is 39.2 Å². The quantitative estimate of drug-likeness (QED) is 0.844. The normalized spacial score (nSPS) is 17.5. The Hall–Kier alpha value is -0.860. The van der Waals surface area contributed by atoms with E-state index >= 15 is 0 Å². The van der Waals surface area contributed by atoms with E-state index in [1.807, 2.05) is 0 Å². The lowest BCUT2D eigenvalue weighted by molar-refractivity contribution is 0.193. The third-order valence-electron chi connectivity index (χ3n) is 4.28. The zero-order chi connectivity index (χ0) is 13.8. The first-order chi connectivity index (χ1) is 9.08. The van der Waals surface area contributed by atoms with Gasteiger partial charge in [-0.3, -0.25) is 0 Å². The maximum atomic E-state index is 3.47. The number of nitrogens with zero attached hydrogens (tertiary/aromatic N) is 1. The van der Waals surface area contributed by atoms with Crippen LogP contribution in [0.5, 0.6) is 0 Å². The first kappa shape index (κ1) is 14.5. The fourth-order valence-corrected chi connectivity index (χ4v) is 3.08. The fraction of sp³-hybridized carbons (Fsp3) is 0.647. The Labute approximate surface area is 118 Å². The standard InChI is InChI=1S/C17H28N2/c1-13-8-14(2)10-16(9-13)17(18-3)12-19(4)11-15-6-5-7-15/h8-10,15,17-18H,5-7,11-12H2,1-4H3. The molecule has 0 radical (unpaired) electrons. The van der Waals surface area contributed by atoms with Crippen molar-refractivity contribution in [2.75, 3.05) is 27.2 Å². The molecule has 1 N–H and O–H groups in total. The zero-order valence-corrected chi connectivity index (χ0v) is 12.9. The monoisotopic (exact) mass is 260 g/mol. The van der Waals surface area contributed by atoms with Gasteiger partial charge in [0.25, 0.3) is 0 Å². The molecule has 1 aliphatic carbocycles. The maximum absolute atomic E-state index is 3.47. The van der Waals surface area contributed by atoms with Gasteiger partial charge in [0.15, 0.2) is 0 Å². The van der Waals surface area contributed by atoms with Crippen LogP contribution in [0.25, 0.3) is 0 Å². The summed E-state index contributed by atoms with van der Waals surface area (Å²) in [6.07, 6.45) is 4.29. The minimum absolute atomic E-state index is 0.434. The summed E-state index contributed by atoms with van der Waals surface area (Å²) in [5.74, 6) is 0.946. The number of hydrogen-bond donors (Lipinski definition) is 1. The fourth-order valence-electron chi connectivity index (χ4n) is 3.08. The van der Waals surface area contributed by atoms with E-state index in [0.29, 0.717) is 6.04 Å². The van der Waals surface area contributed by atoms with Crippen LogP contribution in [0.1, 0.15) is 42.0 Å². The van der Waals surface area contributed by atoms with Crippen LogP contribution in [0.15, 0.2) is 18.2 Å². The summed E-state index contributed by atoms with van der Waals surface area (Å²) in [5, 5.41) is 3.47. The van der Waals surface area contributed by atoms with Crippen LogP contribution in [0.2, 0.25) is 0 Å². The van der Waals surface area contributed by atoms with E-state index in [1.165, 1.54) is 42.5 Å². The van der Waals surface area contributed by atoms with E-state index in [0.717, 1.165) is 12.5 Å². The number of benzene rings is 1. The molecule has 1 aromatic carbocycles. The van der Waals surface area contributed by atoms with Crippen LogP contribution in [0, 0.1) is 19.8 Å². The van der Waals surface area contributed by atoms with Crippen LogP contribution in [0.3, 0.4) is 0 Å². The summed E-state index contributed by atoms with van der Waals surface area (Å²) >= 11 is 0. The molecular weight excluding hydrogens is 232 g/mol. The topological polar surface area (TPSA) is 15.3 Å². The molecule has 0 saturated heterocycles. The number of hydrogen-bond acceptors (Lipinski definition) is 2. The highest BCUT2D eigenvalue weighted by Gasteiger charge is 2.20. The van der Waals surface area contributed by atoms with Crippen LogP contribution in [-0.2, 0) is 0 Å². The molecule has 106 valence electrons. The van der Waals surface area contributed by atoms with Crippen LogP contribution in [-0.4, -0.2) is 32.1 Å². The molecule has 1 unspecified atom stereocenters. The summed E-state index contributed by atoms with van der Waals surface area (Å²) in [6.45, 7) is 6.71. The van der Waals surface area contributed by atoms with Gasteiger partial charge >= 0.3 is 0 Å². The molecule has 1 aromatic rings. The first-order valence-corrected chi connectivity index (χ1v) is 7.52. The highest BCUT2D eigenvalue weighted by atomic mass is 15.1. The Morgan fingerprint density at radius 2 is 1.84 bits per heavy atom. The Morgan fingerprint density at radius 3 is 2.32 bits per heavy atom. The predicted octanol–water partition coefficient (Wildman–Crippen LogP) is 3.30. The van der Waals surface area contributed by atoms with Gasteiger partial charge in [0.1, 0.15) is 0 Å². The molecule has 1 fully saturated rings. The summed E-state index contributed by atoms with van der Waals surface area (Å²) in [6, 6.07) is 7.30. The summed E-state index contributed by atoms with van der Waals surface area (Å²) in [4.78, 5) is 2.49. The van der Waals surface area contributed by atoms with Gasteiger partial charge in [-0.15, -0.1) is 0 Å². The lowest BCUT2D eigenvalue weighted by Gasteiger charge is -2.32. The first-order valence-electron chi connectivity index (χ1n) is 7.52. The molecule has 0 aromatic heterocycles. The van der Waals surface area contributed by atoms with Crippen molar-refractivity contribution in [2.24, 2.45) is 5.92 Å². The van der Waals surface area contributed by atoms with E-state index in [-0.39, 0.29) is 0 Å². The van der Waals surface area contributed by atoms with Gasteiger partial charge in [-0.2, -0.15) is 0 Å². The van der Waals surface area contributed by atoms with Gasteiger partial charge in [0.2, 0.25) is 0 Å². The average Bonchev–Trinajstić information content (AvgIpc) is 2.29. The second kappa shape index (κ2) is 6.53. The van der Waals surface area contributed by atoms with Gasteiger partial charge in [-0.1, -0.05) is 35.7 Å². The molecule has 1 aliphatic rings. The van der Waals surface area contributed by atoms with Gasteiger partial charge in [-0.05, 0) is 52.3 Å². The third kappa shape index (κ3) is 4.05. The average molecular weight is 260 g/mol. The lowest BCUT2D eigenvalue weighted by Crippen LogP contribution is -2.36. The minimum atomic E-state index is 0.434. The van der Waals surface area contributed by atoms with E-state index < -0.39 is 0 Å². The van der Waals surface area contributed by atoms with Crippen molar-refractivity contribution in [3.05, 3.63) is 34.9 Å². The van der Waals surface area contributed by atoms with Gasteiger partial charge in [-0.25, -0.2) is 0 Å². The minimum Gasteiger partial charge on any atom is -0.312 e. The Bertz CT molecular complexity index is 389. The summed E-state index contributed by atoms with van der Waals surface area (Å²) in [5.41, 5.74) is 4.13. The summed E-state index contributed by atoms with van der Waals surface area (Å²) < 4.78 is 0. The van der Waals surface area contributed by atoms with Crippen molar-refractivity contribution in [1.82, 2.24) is 10.2 Å². The Balaban J connectivity index is 1.97. The molecule has 0 aliphatic heterocycles. The second-order valence-electron chi connectivity index (χ2n) is 6.28. The Kier molecular flexibility index (Phi) is 5.00. The largest absolute Gasteiger partial charge is 0.312 e. The van der Waals surface area contributed by atoms with Crippen molar-refractivity contribution >= 4 is 0 Å². The number of aryl methyl sites for hydroxylation is 2. The molecule has 2 heteroatoms. The van der Waals surface area contributed by atoms with Gasteiger partial charge in [0.05, 0.1) is 0 Å². The van der Waals surface area contributed by atoms with Crippen LogP contribution in [0.4, 0.5) is 0 Å². The van der Waals surface area contributed by atoms with Gasteiger partial charge < -0.3 is 10.2 Å². The molecule has 19 heavy (non-hydrogen) atoms. The molecular formula is C17H28N2.